The molecule has 0 aliphatic heterocycles. The van der Waals surface area contributed by atoms with E-state index in [9.17, 15) is 0 Å². The number of rotatable bonds is 7. The summed E-state index contributed by atoms with van der Waals surface area (Å²) in [6.45, 7) is 9.39. The number of aryl methyl sites for hydroxylation is 2. The molecule has 2 heterocycles. The Labute approximate surface area is 217 Å². The van der Waals surface area contributed by atoms with Crippen LogP contribution in [0.1, 0.15) is 76.5 Å². The highest BCUT2D eigenvalue weighted by atomic mass is 32.1. The lowest BCUT2D eigenvalue weighted by Gasteiger charge is -2.14. The minimum absolute atomic E-state index is 0.808. The molecule has 0 bridgehead atoms. The molecule has 0 saturated carbocycles. The molecule has 0 saturated heterocycles. The van der Waals surface area contributed by atoms with Crippen molar-refractivity contribution in [1.29, 1.82) is 0 Å². The van der Waals surface area contributed by atoms with Crippen LogP contribution in [0, 0.1) is 11.8 Å². The Morgan fingerprint density at radius 1 is 0.743 bits per heavy atom. The molecule has 0 amide bonds. The molecule has 1 unspecified atom stereocenters. The van der Waals surface area contributed by atoms with Crippen LogP contribution in [-0.4, -0.2) is 0 Å². The molecule has 35 heavy (non-hydrogen) atoms. The van der Waals surface area contributed by atoms with Gasteiger partial charge in [-0.25, -0.2) is 0 Å². The van der Waals surface area contributed by atoms with E-state index in [2.05, 4.69) is 76.2 Å². The van der Waals surface area contributed by atoms with Gasteiger partial charge in [-0.1, -0.05) is 88.1 Å². The predicted octanol–water partition coefficient (Wildman–Crippen LogP) is 11.2. The van der Waals surface area contributed by atoms with Crippen molar-refractivity contribution < 1.29 is 0 Å². The van der Waals surface area contributed by atoms with E-state index in [1.54, 1.807) is 0 Å². The molecule has 1 aliphatic carbocycles. The zero-order chi connectivity index (χ0) is 24.1. The summed E-state index contributed by atoms with van der Waals surface area (Å²) in [5.74, 6) is 1.64. The van der Waals surface area contributed by atoms with Gasteiger partial charge < -0.3 is 0 Å². The van der Waals surface area contributed by atoms with Gasteiger partial charge in [0.15, 0.2) is 0 Å². The maximum Gasteiger partial charge on any atom is 0.0542 e. The lowest BCUT2D eigenvalue weighted by molar-refractivity contribution is 0.437. The van der Waals surface area contributed by atoms with Crippen LogP contribution in [0.2, 0.25) is 0 Å². The Kier molecular flexibility index (Phi) is 6.23. The van der Waals surface area contributed by atoms with Gasteiger partial charge in [-0.15, -0.1) is 22.7 Å². The van der Waals surface area contributed by atoms with Crippen molar-refractivity contribution in [3.05, 3.63) is 64.7 Å². The van der Waals surface area contributed by atoms with Gasteiger partial charge in [0.05, 0.1) is 9.40 Å². The Balaban J connectivity index is 1.36. The smallest absolute Gasteiger partial charge is 0.0542 e. The molecule has 0 spiro atoms. The second kappa shape index (κ2) is 9.37. The summed E-state index contributed by atoms with van der Waals surface area (Å²) >= 11 is 4.03. The zero-order valence-electron chi connectivity index (χ0n) is 21.5. The Hall–Kier alpha value is -2.16. The van der Waals surface area contributed by atoms with E-state index in [0.29, 0.717) is 0 Å². The summed E-state index contributed by atoms with van der Waals surface area (Å²) in [5.41, 5.74) is 6.02. The van der Waals surface area contributed by atoms with E-state index >= 15 is 0 Å². The normalized spacial score (nSPS) is 14.9. The lowest BCUT2D eigenvalue weighted by atomic mass is 9.92. The van der Waals surface area contributed by atoms with Crippen LogP contribution < -0.4 is 0 Å². The second-order valence-corrected chi connectivity index (χ2v) is 13.4. The van der Waals surface area contributed by atoms with E-state index in [1.807, 2.05) is 22.7 Å². The monoisotopic (exact) mass is 496 g/mol. The molecule has 2 heteroatoms. The van der Waals surface area contributed by atoms with Crippen molar-refractivity contribution in [1.82, 2.24) is 0 Å². The summed E-state index contributed by atoms with van der Waals surface area (Å²) in [7, 11) is 0. The number of allylic oxidation sites excluding steroid dienone is 1. The van der Waals surface area contributed by atoms with Crippen molar-refractivity contribution in [2.24, 2.45) is 11.8 Å². The Bertz CT molecular complexity index is 1570. The molecule has 0 radical (unpaired) electrons. The molecule has 0 nitrogen and oxygen atoms in total. The molecule has 5 aromatic rings. The van der Waals surface area contributed by atoms with Crippen LogP contribution in [0.3, 0.4) is 0 Å². The quantitative estimate of drug-likeness (QED) is 0.210. The first-order valence-electron chi connectivity index (χ1n) is 13.5. The highest BCUT2D eigenvalue weighted by molar-refractivity contribution is 7.37. The van der Waals surface area contributed by atoms with Gasteiger partial charge in [0.25, 0.3) is 0 Å². The maximum atomic E-state index is 2.49. The highest BCUT2D eigenvalue weighted by Crippen LogP contribution is 2.48. The Morgan fingerprint density at radius 2 is 1.49 bits per heavy atom. The standard InChI is InChI=1S/C33H36S2/c1-20(2)6-5-7-21(3)8-10-23-11-13-25-15-17-27-31(29(25)19-23)35-32-26-16-14-24-12-9-22(4)18-28(24)30(26)34-33(27)32/h11,13-21H,5-10,12H2,1-4H3. The van der Waals surface area contributed by atoms with Gasteiger partial charge in [-0.2, -0.15) is 0 Å². The third-order valence-corrected chi connectivity index (χ3v) is 10.7. The summed E-state index contributed by atoms with van der Waals surface area (Å²) in [5, 5.41) is 5.72. The van der Waals surface area contributed by atoms with Crippen LogP contribution in [0.4, 0.5) is 0 Å². The molecule has 2 aromatic heterocycles. The largest absolute Gasteiger partial charge is 0.133 e. The van der Waals surface area contributed by atoms with Crippen molar-refractivity contribution in [2.45, 2.75) is 72.6 Å². The number of benzene rings is 3. The first kappa shape index (κ1) is 23.3. The molecule has 1 aliphatic rings. The molecular weight excluding hydrogens is 460 g/mol. The van der Waals surface area contributed by atoms with Gasteiger partial charge in [0, 0.05) is 20.2 Å². The minimum atomic E-state index is 0.808. The first-order valence-corrected chi connectivity index (χ1v) is 15.1. The summed E-state index contributed by atoms with van der Waals surface area (Å²) < 4.78 is 5.93. The van der Waals surface area contributed by atoms with Crippen LogP contribution >= 0.6 is 22.7 Å². The number of hydrogen-bond acceptors (Lipinski definition) is 2. The molecule has 1 atom stereocenters. The van der Waals surface area contributed by atoms with E-state index in [1.165, 1.54) is 108 Å². The SMILES string of the molecule is CC1=Cc2c(ccc3c2sc2c4ccc5ccc(CCC(C)CCCC(C)C)cc5c4sc32)CC1. The van der Waals surface area contributed by atoms with Gasteiger partial charge in [-0.3, -0.25) is 0 Å². The van der Waals surface area contributed by atoms with E-state index in [-0.39, 0.29) is 0 Å². The fourth-order valence-corrected chi connectivity index (χ4v) is 8.72. The molecule has 6 rings (SSSR count). The van der Waals surface area contributed by atoms with Crippen LogP contribution in [-0.2, 0) is 12.8 Å². The lowest BCUT2D eigenvalue weighted by Crippen LogP contribution is -1.99. The van der Waals surface area contributed by atoms with E-state index in [0.717, 1.165) is 11.8 Å². The third-order valence-electron chi connectivity index (χ3n) is 8.01. The first-order chi connectivity index (χ1) is 17.0. The van der Waals surface area contributed by atoms with Gasteiger partial charge >= 0.3 is 0 Å². The van der Waals surface area contributed by atoms with E-state index < -0.39 is 0 Å². The van der Waals surface area contributed by atoms with Crippen LogP contribution in [0.25, 0.3) is 46.4 Å². The fraction of sp³-hybridized carbons (Fsp3) is 0.394. The molecule has 3 aromatic carbocycles. The molecule has 0 N–H and O–H groups in total. The summed E-state index contributed by atoms with van der Waals surface area (Å²) in [6.07, 6.45) is 11.4. The van der Waals surface area contributed by atoms with Crippen molar-refractivity contribution in [3.8, 4) is 0 Å². The van der Waals surface area contributed by atoms with Crippen molar-refractivity contribution in [2.75, 3.05) is 0 Å². The second-order valence-electron chi connectivity index (χ2n) is 11.3. The number of hydrogen-bond donors (Lipinski definition) is 0. The summed E-state index contributed by atoms with van der Waals surface area (Å²) in [4.78, 5) is 0. The third kappa shape index (κ3) is 4.34. The average molecular weight is 497 g/mol. The average Bonchev–Trinajstić information content (AvgIpc) is 3.39. The van der Waals surface area contributed by atoms with Crippen molar-refractivity contribution in [3.63, 3.8) is 0 Å². The molecular formula is C33H36S2. The fourth-order valence-electron chi connectivity index (χ4n) is 5.82. The topological polar surface area (TPSA) is 0 Å². The van der Waals surface area contributed by atoms with Gasteiger partial charge in [-0.05, 0) is 78.0 Å². The van der Waals surface area contributed by atoms with Crippen LogP contribution in [0.15, 0.2) is 48.0 Å². The predicted molar refractivity (Wildman–Crippen MR) is 160 cm³/mol. The molecule has 180 valence electrons. The van der Waals surface area contributed by atoms with Crippen LogP contribution in [0.5, 0.6) is 0 Å². The number of thiophene rings is 2. The Morgan fingerprint density at radius 3 is 2.31 bits per heavy atom. The zero-order valence-corrected chi connectivity index (χ0v) is 23.2. The summed E-state index contributed by atoms with van der Waals surface area (Å²) in [6, 6.07) is 16.7. The van der Waals surface area contributed by atoms with E-state index in [4.69, 9.17) is 0 Å². The van der Waals surface area contributed by atoms with Gasteiger partial charge in [0.1, 0.15) is 0 Å². The van der Waals surface area contributed by atoms with Crippen molar-refractivity contribution >= 4 is 69.1 Å². The van der Waals surface area contributed by atoms with Gasteiger partial charge in [0.2, 0.25) is 0 Å². The highest BCUT2D eigenvalue weighted by Gasteiger charge is 2.19. The minimum Gasteiger partial charge on any atom is -0.133 e. The molecule has 0 fully saturated rings. The number of fused-ring (bicyclic) bond motifs is 9. The maximum absolute atomic E-state index is 2.49.